The number of nitrogens with one attached hydrogen (secondary N) is 2. The normalized spacial score (nSPS) is 11.4. The van der Waals surface area contributed by atoms with Crippen molar-refractivity contribution in [3.8, 4) is 5.75 Å². The summed E-state index contributed by atoms with van der Waals surface area (Å²) < 4.78 is 35.7. The van der Waals surface area contributed by atoms with Crippen LogP contribution in [0, 0.1) is 0 Å². The first-order valence-electron chi connectivity index (χ1n) is 6.06. The van der Waals surface area contributed by atoms with Crippen molar-refractivity contribution in [3.63, 3.8) is 0 Å². The molecule has 6 nitrogen and oxygen atoms in total. The Morgan fingerprint density at radius 2 is 2.05 bits per heavy atom. The zero-order valence-electron chi connectivity index (χ0n) is 11.5. The first kappa shape index (κ1) is 15.7. The van der Waals surface area contributed by atoms with Gasteiger partial charge in [-0.3, -0.25) is 0 Å². The number of benzene rings is 1. The van der Waals surface area contributed by atoms with Crippen molar-refractivity contribution in [2.45, 2.75) is 11.6 Å². The summed E-state index contributed by atoms with van der Waals surface area (Å²) >= 11 is 6.07. The summed E-state index contributed by atoms with van der Waals surface area (Å²) in [5, 5.41) is 3.47. The molecule has 21 heavy (non-hydrogen) atoms. The van der Waals surface area contributed by atoms with Crippen LogP contribution in [0.4, 0.5) is 5.69 Å². The summed E-state index contributed by atoms with van der Waals surface area (Å²) in [6, 6.07) is 8.19. The summed E-state index contributed by atoms with van der Waals surface area (Å²) in [6.07, 6.45) is 0. The molecule has 0 aliphatic rings. The van der Waals surface area contributed by atoms with E-state index in [4.69, 9.17) is 20.8 Å². The topological polar surface area (TPSA) is 80.6 Å². The molecule has 0 radical (unpaired) electrons. The molecule has 2 rings (SSSR count). The monoisotopic (exact) mass is 330 g/mol. The Morgan fingerprint density at radius 3 is 2.71 bits per heavy atom. The van der Waals surface area contributed by atoms with Gasteiger partial charge in [0.1, 0.15) is 11.5 Å². The Morgan fingerprint density at radius 1 is 1.29 bits per heavy atom. The minimum absolute atomic E-state index is 0.126. The van der Waals surface area contributed by atoms with Gasteiger partial charge in [-0.2, -0.15) is 0 Å². The summed E-state index contributed by atoms with van der Waals surface area (Å²) in [4.78, 5) is 0. The lowest BCUT2D eigenvalue weighted by Gasteiger charge is -2.08. The van der Waals surface area contributed by atoms with Crippen LogP contribution in [0.1, 0.15) is 5.76 Å². The predicted molar refractivity (Wildman–Crippen MR) is 80.3 cm³/mol. The average Bonchev–Trinajstić information content (AvgIpc) is 2.96. The Balaban J connectivity index is 2.10. The van der Waals surface area contributed by atoms with E-state index in [9.17, 15) is 8.42 Å². The third kappa shape index (κ3) is 3.69. The molecule has 0 aliphatic heterocycles. The molecular weight excluding hydrogens is 316 g/mol. The molecule has 0 spiro atoms. The van der Waals surface area contributed by atoms with Crippen LogP contribution in [0.2, 0.25) is 5.02 Å². The van der Waals surface area contributed by atoms with Gasteiger partial charge >= 0.3 is 0 Å². The van der Waals surface area contributed by atoms with Crippen molar-refractivity contribution in [2.24, 2.45) is 0 Å². The SMILES string of the molecule is CNS(=O)(=O)c1ccc(CNc2cc(OC)ccc2Cl)o1. The number of sulfonamides is 1. The van der Waals surface area contributed by atoms with E-state index < -0.39 is 10.0 Å². The summed E-state index contributed by atoms with van der Waals surface area (Å²) in [5.41, 5.74) is 0.672. The number of furan rings is 1. The van der Waals surface area contributed by atoms with Crippen LogP contribution in [-0.4, -0.2) is 22.6 Å². The molecule has 0 unspecified atom stereocenters. The minimum atomic E-state index is -3.57. The highest BCUT2D eigenvalue weighted by Crippen LogP contribution is 2.27. The van der Waals surface area contributed by atoms with Crippen molar-refractivity contribution >= 4 is 27.3 Å². The van der Waals surface area contributed by atoms with E-state index in [1.165, 1.54) is 13.1 Å². The number of ether oxygens (including phenoxy) is 1. The maximum absolute atomic E-state index is 11.6. The molecule has 0 fully saturated rings. The summed E-state index contributed by atoms with van der Waals surface area (Å²) in [7, 11) is -0.681. The summed E-state index contributed by atoms with van der Waals surface area (Å²) in [5.74, 6) is 1.14. The fourth-order valence-corrected chi connectivity index (χ4v) is 2.50. The lowest BCUT2D eigenvalue weighted by atomic mass is 10.3. The highest BCUT2D eigenvalue weighted by molar-refractivity contribution is 7.89. The van der Waals surface area contributed by atoms with E-state index in [1.54, 1.807) is 31.4 Å². The Bertz CT molecular complexity index is 728. The van der Waals surface area contributed by atoms with E-state index in [0.29, 0.717) is 28.8 Å². The number of anilines is 1. The number of methoxy groups -OCH3 is 1. The highest BCUT2D eigenvalue weighted by atomic mass is 35.5. The molecule has 1 heterocycles. The molecule has 0 amide bonds. The maximum atomic E-state index is 11.6. The van der Waals surface area contributed by atoms with Crippen LogP contribution in [0.5, 0.6) is 5.75 Å². The van der Waals surface area contributed by atoms with Gasteiger partial charge in [-0.05, 0) is 31.3 Å². The standard InChI is InChI=1S/C13H15ClN2O4S/c1-15-21(17,18)13-6-4-10(20-13)8-16-12-7-9(19-2)3-5-11(12)14/h3-7,15-16H,8H2,1-2H3. The molecule has 2 aromatic rings. The fourth-order valence-electron chi connectivity index (χ4n) is 1.65. The number of halogens is 1. The lowest BCUT2D eigenvalue weighted by Crippen LogP contribution is -2.17. The van der Waals surface area contributed by atoms with Crippen LogP contribution in [0.3, 0.4) is 0 Å². The first-order valence-corrected chi connectivity index (χ1v) is 7.92. The van der Waals surface area contributed by atoms with Crippen LogP contribution in [0.25, 0.3) is 0 Å². The van der Waals surface area contributed by atoms with Gasteiger partial charge in [0.05, 0.1) is 24.4 Å². The van der Waals surface area contributed by atoms with Gasteiger partial charge in [-0.25, -0.2) is 13.1 Å². The van der Waals surface area contributed by atoms with Crippen molar-refractivity contribution in [3.05, 3.63) is 41.1 Å². The van der Waals surface area contributed by atoms with Crippen molar-refractivity contribution in [1.82, 2.24) is 4.72 Å². The molecular formula is C13H15ClN2O4S. The minimum Gasteiger partial charge on any atom is -0.497 e. The molecule has 0 aliphatic carbocycles. The second-order valence-corrected chi connectivity index (χ2v) is 6.35. The average molecular weight is 331 g/mol. The number of hydrogen-bond acceptors (Lipinski definition) is 5. The van der Waals surface area contributed by atoms with E-state index in [2.05, 4.69) is 10.0 Å². The van der Waals surface area contributed by atoms with Crippen LogP contribution in [0.15, 0.2) is 39.8 Å². The Kier molecular flexibility index (Phi) is 4.76. The predicted octanol–water partition coefficient (Wildman–Crippen LogP) is 2.46. The van der Waals surface area contributed by atoms with E-state index in [1.807, 2.05) is 0 Å². The molecule has 1 aromatic carbocycles. The maximum Gasteiger partial charge on any atom is 0.273 e. The Labute approximate surface area is 128 Å². The molecule has 114 valence electrons. The second kappa shape index (κ2) is 6.38. The molecule has 2 N–H and O–H groups in total. The zero-order chi connectivity index (χ0) is 15.5. The van der Waals surface area contributed by atoms with Crippen LogP contribution in [-0.2, 0) is 16.6 Å². The van der Waals surface area contributed by atoms with Crippen molar-refractivity contribution < 1.29 is 17.6 Å². The van der Waals surface area contributed by atoms with Crippen LogP contribution >= 0.6 is 11.6 Å². The third-order valence-corrected chi connectivity index (χ3v) is 4.41. The molecule has 8 heteroatoms. The molecule has 0 atom stereocenters. The number of rotatable bonds is 6. The zero-order valence-corrected chi connectivity index (χ0v) is 13.1. The van der Waals surface area contributed by atoms with Crippen molar-refractivity contribution in [2.75, 3.05) is 19.5 Å². The van der Waals surface area contributed by atoms with E-state index >= 15 is 0 Å². The highest BCUT2D eigenvalue weighted by Gasteiger charge is 2.16. The third-order valence-electron chi connectivity index (χ3n) is 2.80. The van der Waals surface area contributed by atoms with Crippen molar-refractivity contribution in [1.29, 1.82) is 0 Å². The molecule has 0 saturated carbocycles. The molecule has 0 saturated heterocycles. The van der Waals surface area contributed by atoms with Gasteiger partial charge in [-0.15, -0.1) is 0 Å². The molecule has 0 bridgehead atoms. The summed E-state index contributed by atoms with van der Waals surface area (Å²) in [6.45, 7) is 0.298. The quantitative estimate of drug-likeness (QED) is 0.850. The van der Waals surface area contributed by atoms with E-state index in [0.717, 1.165) is 0 Å². The number of hydrogen-bond donors (Lipinski definition) is 2. The smallest absolute Gasteiger partial charge is 0.273 e. The van der Waals surface area contributed by atoms with Crippen LogP contribution < -0.4 is 14.8 Å². The van der Waals surface area contributed by atoms with Gasteiger partial charge < -0.3 is 14.5 Å². The van der Waals surface area contributed by atoms with Gasteiger partial charge in [0.25, 0.3) is 10.0 Å². The van der Waals surface area contributed by atoms with Gasteiger partial charge in [-0.1, -0.05) is 11.6 Å². The van der Waals surface area contributed by atoms with Gasteiger partial charge in [0.15, 0.2) is 0 Å². The fraction of sp³-hybridized carbons (Fsp3) is 0.231. The second-order valence-electron chi connectivity index (χ2n) is 4.13. The van der Waals surface area contributed by atoms with E-state index in [-0.39, 0.29) is 5.09 Å². The van der Waals surface area contributed by atoms with Gasteiger partial charge in [0.2, 0.25) is 5.09 Å². The first-order chi connectivity index (χ1) is 9.96. The lowest BCUT2D eigenvalue weighted by molar-refractivity contribution is 0.414. The molecule has 1 aromatic heterocycles. The Hall–Kier alpha value is -1.70. The van der Waals surface area contributed by atoms with Gasteiger partial charge in [0, 0.05) is 6.07 Å². The largest absolute Gasteiger partial charge is 0.497 e.